The third kappa shape index (κ3) is 41.1. The van der Waals surface area contributed by atoms with Gasteiger partial charge >= 0.3 is 0 Å². The minimum absolute atomic E-state index is 0.678. The maximum Gasteiger partial charge on any atom is 0.0488 e. The van der Waals surface area contributed by atoms with Crippen molar-refractivity contribution in [3.63, 3.8) is 0 Å². The van der Waals surface area contributed by atoms with Crippen molar-refractivity contribution >= 4 is 0 Å². The highest BCUT2D eigenvalue weighted by Crippen LogP contribution is 2.12. The summed E-state index contributed by atoms with van der Waals surface area (Å²) in [6.07, 6.45) is 31.0. The Morgan fingerprint density at radius 1 is 0.333 bits per heavy atom. The van der Waals surface area contributed by atoms with Crippen molar-refractivity contribution in [2.75, 3.05) is 26.4 Å². The fourth-order valence-corrected chi connectivity index (χ4v) is 4.37. The van der Waals surface area contributed by atoms with E-state index in [1.165, 1.54) is 141 Å². The SMILES string of the molecule is CCCCCCCCCCCCCOCC(C)C.CCCCCCCCCCCCCOCC(C)C. The van der Waals surface area contributed by atoms with E-state index in [2.05, 4.69) is 41.5 Å². The summed E-state index contributed by atoms with van der Waals surface area (Å²) in [6.45, 7) is 17.2. The summed E-state index contributed by atoms with van der Waals surface area (Å²) in [5.41, 5.74) is 0. The molecule has 220 valence electrons. The lowest BCUT2D eigenvalue weighted by molar-refractivity contribution is 0.106. The lowest BCUT2D eigenvalue weighted by Crippen LogP contribution is -2.02. The largest absolute Gasteiger partial charge is 0.381 e. The highest BCUT2D eigenvalue weighted by molar-refractivity contribution is 4.49. The molecule has 2 nitrogen and oxygen atoms in total. The van der Waals surface area contributed by atoms with Crippen LogP contribution in [-0.4, -0.2) is 26.4 Å². The molecular formula is C34H72O2. The molecule has 0 amide bonds. The first-order chi connectivity index (χ1) is 17.5. The molecule has 0 radical (unpaired) electrons. The van der Waals surface area contributed by atoms with Gasteiger partial charge in [-0.3, -0.25) is 0 Å². The monoisotopic (exact) mass is 513 g/mol. The average Bonchev–Trinajstić information content (AvgIpc) is 2.85. The van der Waals surface area contributed by atoms with E-state index in [9.17, 15) is 0 Å². The Hall–Kier alpha value is -0.0800. The molecular weight excluding hydrogens is 440 g/mol. The summed E-state index contributed by atoms with van der Waals surface area (Å²) < 4.78 is 11.2. The van der Waals surface area contributed by atoms with Gasteiger partial charge in [0.1, 0.15) is 0 Å². The molecule has 0 fully saturated rings. The van der Waals surface area contributed by atoms with E-state index < -0.39 is 0 Å². The Kier molecular flexibility index (Phi) is 36.9. The van der Waals surface area contributed by atoms with E-state index >= 15 is 0 Å². The Bertz CT molecular complexity index is 319. The second-order valence-electron chi connectivity index (χ2n) is 12.0. The highest BCUT2D eigenvalue weighted by atomic mass is 16.5. The molecule has 0 spiro atoms. The first kappa shape index (κ1) is 38.1. The molecule has 0 aliphatic rings. The molecule has 0 aliphatic carbocycles. The number of unbranched alkanes of at least 4 members (excludes halogenated alkanes) is 20. The number of rotatable bonds is 28. The van der Waals surface area contributed by atoms with Gasteiger partial charge in [0.2, 0.25) is 0 Å². The Morgan fingerprint density at radius 2 is 0.556 bits per heavy atom. The predicted octanol–water partition coefficient (Wildman–Crippen LogP) is 11.9. The van der Waals surface area contributed by atoms with E-state index in [0.29, 0.717) is 11.8 Å². The van der Waals surface area contributed by atoms with Crippen molar-refractivity contribution in [2.45, 2.75) is 183 Å². The van der Waals surface area contributed by atoms with Gasteiger partial charge in [-0.25, -0.2) is 0 Å². The van der Waals surface area contributed by atoms with Gasteiger partial charge in [0.15, 0.2) is 0 Å². The minimum atomic E-state index is 0.678. The van der Waals surface area contributed by atoms with Gasteiger partial charge in [0.25, 0.3) is 0 Å². The molecule has 0 bridgehead atoms. The van der Waals surface area contributed by atoms with Crippen LogP contribution in [0.25, 0.3) is 0 Å². The van der Waals surface area contributed by atoms with Gasteiger partial charge in [-0.1, -0.05) is 170 Å². The van der Waals surface area contributed by atoms with E-state index in [-0.39, 0.29) is 0 Å². The summed E-state index contributed by atoms with van der Waals surface area (Å²) in [7, 11) is 0. The Morgan fingerprint density at radius 3 is 0.778 bits per heavy atom. The molecule has 0 heterocycles. The van der Waals surface area contributed by atoms with E-state index in [1.54, 1.807) is 0 Å². The molecule has 0 aromatic heterocycles. The van der Waals surface area contributed by atoms with Crippen LogP contribution in [-0.2, 0) is 9.47 Å². The quantitative estimate of drug-likeness (QED) is 0.0970. The van der Waals surface area contributed by atoms with Gasteiger partial charge in [-0.2, -0.15) is 0 Å². The van der Waals surface area contributed by atoms with E-state index in [0.717, 1.165) is 26.4 Å². The zero-order valence-corrected chi connectivity index (χ0v) is 26.4. The normalized spacial score (nSPS) is 11.3. The summed E-state index contributed by atoms with van der Waals surface area (Å²) in [5.74, 6) is 1.36. The van der Waals surface area contributed by atoms with Crippen molar-refractivity contribution in [3.05, 3.63) is 0 Å². The van der Waals surface area contributed by atoms with Crippen LogP contribution >= 0.6 is 0 Å². The molecule has 0 rings (SSSR count). The summed E-state index contributed by atoms with van der Waals surface area (Å²) >= 11 is 0. The Balaban J connectivity index is 0. The van der Waals surface area contributed by atoms with Crippen LogP contribution in [0.1, 0.15) is 183 Å². The van der Waals surface area contributed by atoms with Crippen molar-refractivity contribution in [1.82, 2.24) is 0 Å². The van der Waals surface area contributed by atoms with E-state index in [4.69, 9.17) is 9.47 Å². The first-order valence-electron chi connectivity index (χ1n) is 16.7. The first-order valence-corrected chi connectivity index (χ1v) is 16.7. The van der Waals surface area contributed by atoms with E-state index in [1.807, 2.05) is 0 Å². The molecule has 0 aromatic rings. The summed E-state index contributed by atoms with van der Waals surface area (Å²) in [5, 5.41) is 0. The van der Waals surface area contributed by atoms with Crippen LogP contribution in [0.5, 0.6) is 0 Å². The van der Waals surface area contributed by atoms with Crippen LogP contribution in [0, 0.1) is 11.8 Å². The van der Waals surface area contributed by atoms with Gasteiger partial charge in [-0.15, -0.1) is 0 Å². The number of ether oxygens (including phenoxy) is 2. The maximum atomic E-state index is 5.58. The standard InChI is InChI=1S/2C17H36O/c2*1-4-5-6-7-8-9-10-11-12-13-14-15-18-16-17(2)3/h2*17H,4-16H2,1-3H3. The molecule has 36 heavy (non-hydrogen) atoms. The minimum Gasteiger partial charge on any atom is -0.381 e. The zero-order chi connectivity index (χ0) is 27.0. The molecule has 0 aromatic carbocycles. The average molecular weight is 513 g/mol. The third-order valence-electron chi connectivity index (χ3n) is 6.69. The van der Waals surface area contributed by atoms with Gasteiger partial charge < -0.3 is 9.47 Å². The van der Waals surface area contributed by atoms with Gasteiger partial charge in [0.05, 0.1) is 0 Å². The highest BCUT2D eigenvalue weighted by Gasteiger charge is 1.96. The molecule has 0 atom stereocenters. The second-order valence-corrected chi connectivity index (χ2v) is 12.0. The van der Waals surface area contributed by atoms with Crippen LogP contribution in [0.2, 0.25) is 0 Å². The molecule has 0 unspecified atom stereocenters. The lowest BCUT2D eigenvalue weighted by atomic mass is 10.1. The topological polar surface area (TPSA) is 18.5 Å². The van der Waals surface area contributed by atoms with Crippen LogP contribution in [0.3, 0.4) is 0 Å². The molecule has 0 saturated carbocycles. The van der Waals surface area contributed by atoms with Crippen molar-refractivity contribution in [1.29, 1.82) is 0 Å². The fraction of sp³-hybridized carbons (Fsp3) is 1.00. The smallest absolute Gasteiger partial charge is 0.0488 e. The van der Waals surface area contributed by atoms with Crippen molar-refractivity contribution in [2.24, 2.45) is 11.8 Å². The maximum absolute atomic E-state index is 5.58. The van der Waals surface area contributed by atoms with Crippen molar-refractivity contribution < 1.29 is 9.47 Å². The molecule has 0 aliphatic heterocycles. The predicted molar refractivity (Wildman–Crippen MR) is 164 cm³/mol. The number of hydrogen-bond acceptors (Lipinski definition) is 2. The fourth-order valence-electron chi connectivity index (χ4n) is 4.37. The van der Waals surface area contributed by atoms with Gasteiger partial charge in [0, 0.05) is 26.4 Å². The third-order valence-corrected chi connectivity index (χ3v) is 6.69. The molecule has 2 heteroatoms. The lowest BCUT2D eigenvalue weighted by Gasteiger charge is -2.06. The zero-order valence-electron chi connectivity index (χ0n) is 26.4. The second kappa shape index (κ2) is 34.9. The Labute approximate surface area is 230 Å². The summed E-state index contributed by atoms with van der Waals surface area (Å²) in [4.78, 5) is 0. The van der Waals surface area contributed by atoms with Crippen LogP contribution in [0.4, 0.5) is 0 Å². The molecule has 0 N–H and O–H groups in total. The van der Waals surface area contributed by atoms with Gasteiger partial charge in [-0.05, 0) is 24.7 Å². The van der Waals surface area contributed by atoms with Crippen LogP contribution in [0.15, 0.2) is 0 Å². The molecule has 0 saturated heterocycles. The summed E-state index contributed by atoms with van der Waals surface area (Å²) in [6, 6.07) is 0. The number of hydrogen-bond donors (Lipinski definition) is 0. The van der Waals surface area contributed by atoms with Crippen molar-refractivity contribution in [3.8, 4) is 0 Å². The van der Waals surface area contributed by atoms with Crippen LogP contribution < -0.4 is 0 Å².